The fourth-order valence-corrected chi connectivity index (χ4v) is 6.00. The van der Waals surface area contributed by atoms with E-state index in [4.69, 9.17) is 19.5 Å². The van der Waals surface area contributed by atoms with Crippen molar-refractivity contribution in [3.63, 3.8) is 0 Å². The Balaban J connectivity index is 1.85. The highest BCUT2D eigenvalue weighted by Gasteiger charge is 2.24. The Labute approximate surface area is 253 Å². The Hall–Kier alpha value is -2.80. The van der Waals surface area contributed by atoms with E-state index in [0.717, 1.165) is 40.7 Å². The van der Waals surface area contributed by atoms with Gasteiger partial charge in [-0.05, 0) is 49.2 Å². The number of methoxy groups -OCH3 is 2. The van der Waals surface area contributed by atoms with Crippen molar-refractivity contribution in [2.45, 2.75) is 90.9 Å². The molecule has 3 rings (SSSR count). The van der Waals surface area contributed by atoms with Crippen molar-refractivity contribution in [3.05, 3.63) is 46.5 Å². The van der Waals surface area contributed by atoms with Crippen LogP contribution in [-0.4, -0.2) is 53.1 Å². The fraction of sp³-hybridized carbons (Fsp3) is 0.588. The van der Waals surface area contributed by atoms with Crippen molar-refractivity contribution in [1.82, 2.24) is 0 Å². The van der Waals surface area contributed by atoms with E-state index in [0.29, 0.717) is 6.02 Å². The van der Waals surface area contributed by atoms with Gasteiger partial charge in [-0.15, -0.1) is 11.3 Å². The van der Waals surface area contributed by atoms with Gasteiger partial charge in [0, 0.05) is 43.3 Å². The van der Waals surface area contributed by atoms with E-state index in [9.17, 15) is 0 Å². The van der Waals surface area contributed by atoms with Gasteiger partial charge >= 0.3 is 6.02 Å². The summed E-state index contributed by atoms with van der Waals surface area (Å²) in [5.41, 5.74) is 3.76. The van der Waals surface area contributed by atoms with E-state index >= 15 is 0 Å². The van der Waals surface area contributed by atoms with Crippen LogP contribution in [0.25, 0.3) is 6.08 Å². The standard InChI is InChI=1S/C34H52N4O2S/c1-7-9-11-13-15-17-23-38(24-18-16-14-12-10-8-2)27-19-21-31(39-5)29(25-27)33-30(35-34(36-33)40-6)26-28-20-22-32(41-28)37(3)4/h19-22,25-26H,7-18,23-24H2,1-6H3/b30-26-. The van der Waals surface area contributed by atoms with Crippen LogP contribution in [-0.2, 0) is 4.74 Å². The number of nitrogens with zero attached hydrogens (tertiary/aromatic N) is 4. The highest BCUT2D eigenvalue weighted by atomic mass is 32.1. The van der Waals surface area contributed by atoms with Gasteiger partial charge in [0.25, 0.3) is 0 Å². The number of ether oxygens (including phenoxy) is 2. The van der Waals surface area contributed by atoms with E-state index in [2.05, 4.69) is 74.2 Å². The van der Waals surface area contributed by atoms with E-state index in [1.165, 1.54) is 87.7 Å². The summed E-state index contributed by atoms with van der Waals surface area (Å²) < 4.78 is 11.3. The highest BCUT2D eigenvalue weighted by molar-refractivity contribution is 7.16. The lowest BCUT2D eigenvalue weighted by atomic mass is 10.0. The summed E-state index contributed by atoms with van der Waals surface area (Å²) in [5.74, 6) is 0.796. The lowest BCUT2D eigenvalue weighted by molar-refractivity contribution is 0.398. The molecule has 0 atom stereocenters. The van der Waals surface area contributed by atoms with Gasteiger partial charge < -0.3 is 19.3 Å². The van der Waals surface area contributed by atoms with Crippen molar-refractivity contribution in [1.29, 1.82) is 0 Å². The van der Waals surface area contributed by atoms with Crippen molar-refractivity contribution < 1.29 is 9.47 Å². The number of amidine groups is 1. The number of rotatable bonds is 19. The number of thiophene rings is 1. The Morgan fingerprint density at radius 2 is 1.39 bits per heavy atom. The van der Waals surface area contributed by atoms with Crippen LogP contribution in [0, 0.1) is 0 Å². The first kappa shape index (κ1) is 32.7. The lowest BCUT2D eigenvalue weighted by Crippen LogP contribution is -2.26. The van der Waals surface area contributed by atoms with Gasteiger partial charge in [-0.25, -0.2) is 0 Å². The third-order valence-corrected chi connectivity index (χ3v) is 8.75. The summed E-state index contributed by atoms with van der Waals surface area (Å²) in [4.78, 5) is 15.3. The molecule has 0 saturated carbocycles. The van der Waals surface area contributed by atoms with Crippen molar-refractivity contribution in [2.75, 3.05) is 51.2 Å². The second-order valence-corrected chi connectivity index (χ2v) is 12.2. The lowest BCUT2D eigenvalue weighted by Gasteiger charge is -2.26. The summed E-state index contributed by atoms with van der Waals surface area (Å²) in [6, 6.07) is 11.2. The third-order valence-electron chi connectivity index (χ3n) is 7.55. The van der Waals surface area contributed by atoms with Crippen LogP contribution in [0.5, 0.6) is 5.75 Å². The maximum Gasteiger partial charge on any atom is 0.317 e. The second kappa shape index (κ2) is 17.9. The molecule has 2 aromatic rings. The number of allylic oxidation sites excluding steroid dienone is 1. The van der Waals surface area contributed by atoms with Crippen LogP contribution in [0.4, 0.5) is 10.7 Å². The molecule has 0 fully saturated rings. The molecule has 0 aliphatic carbocycles. The minimum absolute atomic E-state index is 0.374. The van der Waals surface area contributed by atoms with Crippen LogP contribution in [0.2, 0.25) is 0 Å². The summed E-state index contributed by atoms with van der Waals surface area (Å²) in [5, 5.41) is 1.20. The average Bonchev–Trinajstić information content (AvgIpc) is 3.62. The molecule has 0 N–H and O–H groups in total. The van der Waals surface area contributed by atoms with E-state index in [1.807, 2.05) is 0 Å². The molecule has 0 unspecified atom stereocenters. The minimum atomic E-state index is 0.374. The normalized spacial score (nSPS) is 13.9. The van der Waals surface area contributed by atoms with Crippen LogP contribution in [0.3, 0.4) is 0 Å². The summed E-state index contributed by atoms with van der Waals surface area (Å²) in [6.45, 7) is 6.70. The van der Waals surface area contributed by atoms with E-state index < -0.39 is 0 Å². The molecule has 0 amide bonds. The van der Waals surface area contributed by atoms with Gasteiger partial charge in [0.05, 0.1) is 24.9 Å². The molecule has 1 aromatic heterocycles. The number of benzene rings is 1. The quantitative estimate of drug-likeness (QED) is 0.155. The molecular weight excluding hydrogens is 528 g/mol. The minimum Gasteiger partial charge on any atom is -0.496 e. The Morgan fingerprint density at radius 1 is 0.756 bits per heavy atom. The second-order valence-electron chi connectivity index (χ2n) is 11.1. The molecule has 1 aliphatic rings. The largest absolute Gasteiger partial charge is 0.496 e. The first-order valence-electron chi connectivity index (χ1n) is 15.6. The van der Waals surface area contributed by atoms with Crippen molar-refractivity contribution in [3.8, 4) is 5.75 Å². The van der Waals surface area contributed by atoms with E-state index in [-0.39, 0.29) is 0 Å². The maximum atomic E-state index is 5.85. The highest BCUT2D eigenvalue weighted by Crippen LogP contribution is 2.33. The number of anilines is 2. The Bertz CT molecular complexity index is 1140. The van der Waals surface area contributed by atoms with E-state index in [1.54, 1.807) is 25.6 Å². The summed E-state index contributed by atoms with van der Waals surface area (Å²) in [7, 11) is 7.47. The third kappa shape index (κ3) is 10.2. The predicted molar refractivity (Wildman–Crippen MR) is 180 cm³/mol. The van der Waals surface area contributed by atoms with Gasteiger partial charge in [-0.3, -0.25) is 0 Å². The first-order valence-corrected chi connectivity index (χ1v) is 16.5. The number of hydrogen-bond donors (Lipinski definition) is 0. The number of aliphatic imine (C=N–C) groups is 2. The van der Waals surface area contributed by atoms with Gasteiger partial charge in [0.2, 0.25) is 0 Å². The number of unbranched alkanes of at least 4 members (excludes halogenated alkanes) is 10. The molecule has 2 heterocycles. The van der Waals surface area contributed by atoms with Gasteiger partial charge in [-0.2, -0.15) is 9.98 Å². The zero-order chi connectivity index (χ0) is 29.5. The topological polar surface area (TPSA) is 49.7 Å². The molecule has 0 saturated heterocycles. The van der Waals surface area contributed by atoms with Gasteiger partial charge in [0.1, 0.15) is 11.5 Å². The molecular formula is C34H52N4O2S. The monoisotopic (exact) mass is 580 g/mol. The predicted octanol–water partition coefficient (Wildman–Crippen LogP) is 9.20. The summed E-state index contributed by atoms with van der Waals surface area (Å²) >= 11 is 1.73. The molecule has 0 bridgehead atoms. The molecule has 0 radical (unpaired) electrons. The Kier molecular flexibility index (Phi) is 14.3. The van der Waals surface area contributed by atoms with Crippen molar-refractivity contribution in [2.24, 2.45) is 9.98 Å². The Morgan fingerprint density at radius 3 is 1.95 bits per heavy atom. The van der Waals surface area contributed by atoms with Gasteiger partial charge in [-0.1, -0.05) is 78.1 Å². The smallest absolute Gasteiger partial charge is 0.317 e. The van der Waals surface area contributed by atoms with Crippen LogP contribution < -0.4 is 14.5 Å². The molecule has 0 spiro atoms. The average molecular weight is 581 g/mol. The molecule has 226 valence electrons. The SMILES string of the molecule is CCCCCCCCN(CCCCCCCC)c1ccc(OC)c(C2=NC(OC)=N/C2=C\c2ccc(N(C)C)s2)c1. The molecule has 41 heavy (non-hydrogen) atoms. The molecule has 1 aliphatic heterocycles. The number of hydrogen-bond acceptors (Lipinski definition) is 7. The molecule has 7 heteroatoms. The fourth-order valence-electron chi connectivity index (χ4n) is 5.13. The van der Waals surface area contributed by atoms with Crippen LogP contribution >= 0.6 is 11.3 Å². The molecule has 1 aromatic carbocycles. The summed E-state index contributed by atoms with van der Waals surface area (Å²) in [6.07, 6.45) is 17.7. The van der Waals surface area contributed by atoms with Gasteiger partial charge in [0.15, 0.2) is 0 Å². The van der Waals surface area contributed by atoms with Crippen LogP contribution in [0.15, 0.2) is 46.0 Å². The van der Waals surface area contributed by atoms with Crippen LogP contribution in [0.1, 0.15) is 101 Å². The maximum absolute atomic E-state index is 5.85. The molecule has 6 nitrogen and oxygen atoms in total. The first-order chi connectivity index (χ1) is 20.0. The zero-order valence-electron chi connectivity index (χ0n) is 26.4. The van der Waals surface area contributed by atoms with Crippen molar-refractivity contribution >= 4 is 39.8 Å². The zero-order valence-corrected chi connectivity index (χ0v) is 27.2.